The molecule has 1 fully saturated rings. The van der Waals surface area contributed by atoms with Gasteiger partial charge < -0.3 is 39.4 Å². The molecule has 2 atom stereocenters. The number of carbonyl (C=O) groups excluding carboxylic acids is 2. The average Bonchev–Trinajstić information content (AvgIpc) is 3.72. The van der Waals surface area contributed by atoms with E-state index in [2.05, 4.69) is 65.1 Å². The van der Waals surface area contributed by atoms with Gasteiger partial charge in [-0.1, -0.05) is 42.0 Å². The third kappa shape index (κ3) is 9.14. The minimum atomic E-state index is -0.183. The van der Waals surface area contributed by atoms with Gasteiger partial charge in [0.25, 0.3) is 5.91 Å². The van der Waals surface area contributed by atoms with Crippen LogP contribution in [0.5, 0.6) is 23.0 Å². The second kappa shape index (κ2) is 18.9. The van der Waals surface area contributed by atoms with E-state index in [1.54, 1.807) is 37.3 Å². The number of hydrogen-bond donors (Lipinski definition) is 1. The second-order valence-electron chi connectivity index (χ2n) is 17.1. The van der Waals surface area contributed by atoms with Crippen molar-refractivity contribution in [1.29, 1.82) is 0 Å². The van der Waals surface area contributed by atoms with Crippen LogP contribution in [0.15, 0.2) is 114 Å². The van der Waals surface area contributed by atoms with E-state index in [0.29, 0.717) is 71.6 Å². The van der Waals surface area contributed by atoms with Crippen molar-refractivity contribution in [1.82, 2.24) is 9.80 Å². The summed E-state index contributed by atoms with van der Waals surface area (Å²) in [4.78, 5) is 38.9. The first-order chi connectivity index (χ1) is 31.2. The second-order valence-corrected chi connectivity index (χ2v) is 17.1. The number of carbonyl (C=O) groups is 2. The largest absolute Gasteiger partial charge is 0.493 e. The highest BCUT2D eigenvalue weighted by Crippen LogP contribution is 2.41. The monoisotopic (exact) mass is 857 g/mol. The number of Topliss-reactive ketones (excluding diaryl/α,β-unsaturated/α-hetero) is 1. The van der Waals surface area contributed by atoms with Gasteiger partial charge in [-0.15, -0.1) is 5.73 Å². The number of allylic oxidation sites excluding steroid dienone is 5. The number of unbranched alkanes of at least 4 members (excludes halogenated alkanes) is 2. The molecule has 5 aliphatic rings. The number of ether oxygens (including phenoxy) is 4. The zero-order valence-corrected chi connectivity index (χ0v) is 36.8. The van der Waals surface area contributed by atoms with E-state index in [1.807, 2.05) is 48.8 Å². The van der Waals surface area contributed by atoms with Gasteiger partial charge in [-0.2, -0.15) is 0 Å². The molecular formula is C53H55N5O6. The number of amides is 1. The molecule has 1 amide bonds. The maximum atomic E-state index is 13.8. The number of hydrogen-bond acceptors (Lipinski definition) is 10. The van der Waals surface area contributed by atoms with Crippen LogP contribution < -0.4 is 29.6 Å². The van der Waals surface area contributed by atoms with E-state index in [-0.39, 0.29) is 23.7 Å². The van der Waals surface area contributed by atoms with Crippen molar-refractivity contribution in [3.63, 3.8) is 0 Å². The molecule has 328 valence electrons. The molecule has 11 nitrogen and oxygen atoms in total. The zero-order valence-electron chi connectivity index (χ0n) is 36.8. The van der Waals surface area contributed by atoms with Gasteiger partial charge in [0.2, 0.25) is 0 Å². The van der Waals surface area contributed by atoms with E-state index in [0.717, 1.165) is 74.1 Å². The van der Waals surface area contributed by atoms with Crippen LogP contribution in [0.3, 0.4) is 0 Å². The van der Waals surface area contributed by atoms with E-state index in [1.165, 1.54) is 16.8 Å². The first kappa shape index (κ1) is 42.5. The maximum Gasteiger partial charge on any atom is 0.260 e. The highest BCUT2D eigenvalue weighted by atomic mass is 16.5. The first-order valence-electron chi connectivity index (χ1n) is 22.3. The van der Waals surface area contributed by atoms with Crippen LogP contribution in [-0.2, 0) is 0 Å². The normalized spacial score (nSPS) is 19.2. The number of ketones is 1. The van der Waals surface area contributed by atoms with Crippen molar-refractivity contribution in [2.24, 2.45) is 10.9 Å². The SMILES string of the molecule is COc1cc2c(cc1OCCCCCOc1cc3c(cc1OC)C(=O)N1C=C(c4ccc(N)cc4)C[C@H]1C=N3)C=C=C[C@@H]1CC(c3ccc(N4CCN(C)CC4)cc3)=CC=C1CC2=O. The minimum Gasteiger partial charge on any atom is -0.493 e. The van der Waals surface area contributed by atoms with Gasteiger partial charge in [0, 0.05) is 80.4 Å². The summed E-state index contributed by atoms with van der Waals surface area (Å²) < 4.78 is 23.8. The molecule has 2 N–H and O–H groups in total. The molecule has 2 aliphatic carbocycles. The topological polar surface area (TPSA) is 119 Å². The minimum absolute atomic E-state index is 0.0452. The van der Waals surface area contributed by atoms with Crippen LogP contribution in [0.25, 0.3) is 17.2 Å². The summed E-state index contributed by atoms with van der Waals surface area (Å²) in [6.45, 7) is 5.16. The molecule has 0 aromatic heterocycles. The van der Waals surface area contributed by atoms with Crippen molar-refractivity contribution in [3.05, 3.63) is 136 Å². The maximum absolute atomic E-state index is 13.8. The lowest BCUT2D eigenvalue weighted by Crippen LogP contribution is -2.44. The molecule has 64 heavy (non-hydrogen) atoms. The van der Waals surface area contributed by atoms with Crippen molar-refractivity contribution in [3.8, 4) is 23.0 Å². The fourth-order valence-corrected chi connectivity index (χ4v) is 9.05. The summed E-state index contributed by atoms with van der Waals surface area (Å²) >= 11 is 0. The predicted octanol–water partition coefficient (Wildman–Crippen LogP) is 9.42. The van der Waals surface area contributed by atoms with Crippen LogP contribution >= 0.6 is 0 Å². The highest BCUT2D eigenvalue weighted by Gasteiger charge is 2.33. The number of methoxy groups -OCH3 is 2. The Hall–Kier alpha value is -6.81. The number of piperazine rings is 1. The van der Waals surface area contributed by atoms with Gasteiger partial charge in [0.15, 0.2) is 28.8 Å². The standard InChI is InChI=1S/C53H55N5O6/c1-56-20-22-57(23-21-56)43-18-14-35(15-19-43)38-10-11-39-28-48(59)45-30-49(61-2)51(29-40(45)9-7-8-37(39)26-38)63-24-5-4-6-25-64-52-32-47-46(31-50(52)62-3)53(60)58-34-41(27-44(58)33-55-47)36-12-16-42(54)17-13-36/h8-19,29-34,37,44H,4-6,20-28,54H2,1-3H3/t7?,37-,44+/m1/s1. The Labute approximate surface area is 375 Å². The number of fused-ring (bicyclic) bond motifs is 4. The molecule has 0 radical (unpaired) electrons. The molecule has 0 unspecified atom stereocenters. The third-order valence-corrected chi connectivity index (χ3v) is 12.9. The fraction of sp³-hybridized carbons (Fsp3) is 0.321. The average molecular weight is 858 g/mol. The number of rotatable bonds is 13. The molecule has 1 saturated heterocycles. The van der Waals surface area contributed by atoms with Gasteiger partial charge in [-0.25, -0.2) is 0 Å². The molecule has 0 saturated carbocycles. The summed E-state index contributed by atoms with van der Waals surface area (Å²) in [5.41, 5.74) is 19.3. The molecular weight excluding hydrogens is 803 g/mol. The van der Waals surface area contributed by atoms with Crippen molar-refractivity contribution in [2.45, 2.75) is 44.6 Å². The van der Waals surface area contributed by atoms with Gasteiger partial charge >= 0.3 is 0 Å². The van der Waals surface area contributed by atoms with Gasteiger partial charge in [-0.3, -0.25) is 14.6 Å². The third-order valence-electron chi connectivity index (χ3n) is 12.9. The number of likely N-dealkylation sites (N-methyl/N-ethyl adjacent to an activating group) is 1. The summed E-state index contributed by atoms with van der Waals surface area (Å²) in [5, 5.41) is 0. The Kier molecular flexibility index (Phi) is 12.5. The Morgan fingerprint density at radius 3 is 2.14 bits per heavy atom. The van der Waals surface area contributed by atoms with Crippen LogP contribution in [0.4, 0.5) is 17.1 Å². The summed E-state index contributed by atoms with van der Waals surface area (Å²) in [6, 6.07) is 23.6. The quantitative estimate of drug-likeness (QED) is 0.0797. The Bertz CT molecular complexity index is 2610. The smallest absolute Gasteiger partial charge is 0.260 e. The van der Waals surface area contributed by atoms with Gasteiger partial charge in [0.05, 0.1) is 44.7 Å². The lowest BCUT2D eigenvalue weighted by Gasteiger charge is -2.34. The lowest BCUT2D eigenvalue weighted by molar-refractivity contribution is 0.0817. The van der Waals surface area contributed by atoms with Crippen LogP contribution in [0.2, 0.25) is 0 Å². The Morgan fingerprint density at radius 1 is 0.750 bits per heavy atom. The number of anilines is 2. The number of nitrogens with zero attached hydrogens (tertiary/aromatic N) is 4. The Balaban J connectivity index is 0.785. The summed E-state index contributed by atoms with van der Waals surface area (Å²) in [7, 11) is 5.35. The van der Waals surface area contributed by atoms with Gasteiger partial charge in [0.1, 0.15) is 0 Å². The van der Waals surface area contributed by atoms with Crippen LogP contribution in [0, 0.1) is 5.92 Å². The van der Waals surface area contributed by atoms with E-state index in [4.69, 9.17) is 29.7 Å². The van der Waals surface area contributed by atoms with Crippen molar-refractivity contribution >= 4 is 52.2 Å². The number of aliphatic imine (C=N–C) groups is 1. The van der Waals surface area contributed by atoms with E-state index < -0.39 is 0 Å². The molecule has 0 bridgehead atoms. The fourth-order valence-electron chi connectivity index (χ4n) is 9.05. The first-order valence-corrected chi connectivity index (χ1v) is 22.3. The molecule has 4 aromatic carbocycles. The molecule has 0 spiro atoms. The summed E-state index contributed by atoms with van der Waals surface area (Å²) in [6.07, 6.45) is 16.2. The van der Waals surface area contributed by atoms with E-state index in [9.17, 15) is 9.59 Å². The summed E-state index contributed by atoms with van der Waals surface area (Å²) in [5.74, 6) is 2.13. The number of benzene rings is 4. The molecule has 3 aliphatic heterocycles. The molecule has 11 heteroatoms. The highest BCUT2D eigenvalue weighted by molar-refractivity contribution is 6.05. The molecule has 3 heterocycles. The van der Waals surface area contributed by atoms with Crippen molar-refractivity contribution in [2.75, 3.05) is 71.3 Å². The number of nitrogen functional groups attached to an aromatic ring is 1. The lowest BCUT2D eigenvalue weighted by atomic mass is 9.82. The predicted molar refractivity (Wildman–Crippen MR) is 254 cm³/mol. The van der Waals surface area contributed by atoms with Crippen LogP contribution in [-0.4, -0.2) is 94.4 Å². The molecule has 9 rings (SSSR count). The Morgan fingerprint density at radius 2 is 1.42 bits per heavy atom. The number of nitrogens with two attached hydrogens (primary N) is 1. The zero-order chi connectivity index (χ0) is 44.2. The van der Waals surface area contributed by atoms with E-state index >= 15 is 0 Å². The van der Waals surface area contributed by atoms with Crippen LogP contribution in [0.1, 0.15) is 75.9 Å². The van der Waals surface area contributed by atoms with Crippen molar-refractivity contribution < 1.29 is 28.5 Å². The van der Waals surface area contributed by atoms with Gasteiger partial charge in [-0.05, 0) is 115 Å². The molecule has 4 aromatic rings.